The van der Waals surface area contributed by atoms with E-state index in [-0.39, 0.29) is 17.9 Å². The van der Waals surface area contributed by atoms with Gasteiger partial charge in [-0.3, -0.25) is 9.59 Å². The molecule has 2 N–H and O–H groups in total. The average molecular weight is 347 g/mol. The maximum absolute atomic E-state index is 13.0. The number of piperazine rings is 1. The first-order chi connectivity index (χ1) is 11.7. The Bertz CT molecular complexity index is 615. The number of rotatable bonds is 3. The van der Waals surface area contributed by atoms with Gasteiger partial charge in [-0.25, -0.2) is 0 Å². The minimum Gasteiger partial charge on any atom is -0.352 e. The summed E-state index contributed by atoms with van der Waals surface area (Å²) < 4.78 is 0. The van der Waals surface area contributed by atoms with Crippen molar-refractivity contribution in [1.29, 1.82) is 0 Å². The van der Waals surface area contributed by atoms with Crippen molar-refractivity contribution in [1.82, 2.24) is 15.5 Å². The fourth-order valence-electron chi connectivity index (χ4n) is 3.62. The van der Waals surface area contributed by atoms with Crippen molar-refractivity contribution < 1.29 is 9.59 Å². The second-order valence-corrected chi connectivity index (χ2v) is 8.26. The van der Waals surface area contributed by atoms with Gasteiger partial charge in [0, 0.05) is 30.6 Å². The summed E-state index contributed by atoms with van der Waals surface area (Å²) in [6.07, 6.45) is 8.05. The zero-order valence-electron chi connectivity index (χ0n) is 14.0. The second kappa shape index (κ2) is 6.84. The first kappa shape index (κ1) is 16.1. The van der Waals surface area contributed by atoms with Gasteiger partial charge in [0.2, 0.25) is 5.91 Å². The number of thiophene rings is 1. The molecule has 0 radical (unpaired) electrons. The molecule has 2 heterocycles. The monoisotopic (exact) mass is 347 g/mol. The Morgan fingerprint density at radius 1 is 1.21 bits per heavy atom. The summed E-state index contributed by atoms with van der Waals surface area (Å²) in [6, 6.07) is 2.04. The van der Waals surface area contributed by atoms with Gasteiger partial charge >= 0.3 is 0 Å². The average Bonchev–Trinajstić information content (AvgIpc) is 3.37. The maximum atomic E-state index is 13.0. The third kappa shape index (κ3) is 3.35. The molecule has 6 heteroatoms. The first-order valence-electron chi connectivity index (χ1n) is 9.16. The molecule has 0 unspecified atom stereocenters. The third-order valence-electron chi connectivity index (χ3n) is 5.19. The number of hydrogen-bond acceptors (Lipinski definition) is 4. The van der Waals surface area contributed by atoms with E-state index in [1.807, 2.05) is 0 Å². The molecule has 1 aromatic rings. The molecule has 2 amide bonds. The zero-order valence-corrected chi connectivity index (χ0v) is 14.8. The predicted octanol–water partition coefficient (Wildman–Crippen LogP) is 1.71. The topological polar surface area (TPSA) is 61.4 Å². The molecule has 24 heavy (non-hydrogen) atoms. The highest BCUT2D eigenvalue weighted by molar-refractivity contribution is 7.14. The summed E-state index contributed by atoms with van der Waals surface area (Å²) in [5.74, 6) is 0.0293. The van der Waals surface area contributed by atoms with Gasteiger partial charge in [-0.15, -0.1) is 11.3 Å². The molecule has 1 aliphatic heterocycles. The Kier molecular flexibility index (Phi) is 4.59. The first-order valence-corrected chi connectivity index (χ1v) is 9.97. The second-order valence-electron chi connectivity index (χ2n) is 7.12. The van der Waals surface area contributed by atoms with Crippen LogP contribution in [-0.2, 0) is 17.6 Å². The number of nitrogens with one attached hydrogen (secondary N) is 2. The highest BCUT2D eigenvalue weighted by Gasteiger charge is 2.36. The summed E-state index contributed by atoms with van der Waals surface area (Å²) in [6.45, 7) is 1.91. The summed E-state index contributed by atoms with van der Waals surface area (Å²) in [4.78, 5) is 29.5. The van der Waals surface area contributed by atoms with Gasteiger partial charge in [0.1, 0.15) is 6.04 Å². The van der Waals surface area contributed by atoms with Crippen LogP contribution >= 0.6 is 11.3 Å². The molecule has 2 fully saturated rings. The van der Waals surface area contributed by atoms with E-state index < -0.39 is 0 Å². The summed E-state index contributed by atoms with van der Waals surface area (Å²) >= 11 is 1.65. The quantitative estimate of drug-likeness (QED) is 0.819. The highest BCUT2D eigenvalue weighted by atomic mass is 32.1. The lowest BCUT2D eigenvalue weighted by molar-refractivity contribution is -0.126. The van der Waals surface area contributed by atoms with Crippen LogP contribution in [0.15, 0.2) is 6.07 Å². The Morgan fingerprint density at radius 2 is 2.04 bits per heavy atom. The van der Waals surface area contributed by atoms with E-state index in [0.717, 1.165) is 37.1 Å². The van der Waals surface area contributed by atoms with Crippen LogP contribution in [0.4, 0.5) is 0 Å². The number of amides is 2. The molecular weight excluding hydrogens is 322 g/mol. The van der Waals surface area contributed by atoms with Gasteiger partial charge in [-0.1, -0.05) is 6.42 Å². The Balaban J connectivity index is 1.51. The molecule has 2 aliphatic carbocycles. The number of aryl methyl sites for hydroxylation is 2. The number of carbonyl (C=O) groups is 2. The minimum absolute atomic E-state index is 0.00355. The zero-order chi connectivity index (χ0) is 16.5. The van der Waals surface area contributed by atoms with Gasteiger partial charge in [-0.05, 0) is 50.2 Å². The van der Waals surface area contributed by atoms with Crippen molar-refractivity contribution in [2.45, 2.75) is 57.0 Å². The Morgan fingerprint density at radius 3 is 2.88 bits per heavy atom. The molecule has 3 aliphatic rings. The maximum Gasteiger partial charge on any atom is 0.264 e. The molecule has 5 nitrogen and oxygen atoms in total. The van der Waals surface area contributed by atoms with Crippen LogP contribution < -0.4 is 10.6 Å². The number of nitrogens with zero attached hydrogens (tertiary/aromatic N) is 1. The van der Waals surface area contributed by atoms with Gasteiger partial charge in [0.15, 0.2) is 0 Å². The Hall–Kier alpha value is -1.40. The van der Waals surface area contributed by atoms with Gasteiger partial charge < -0.3 is 15.5 Å². The van der Waals surface area contributed by atoms with E-state index in [9.17, 15) is 9.59 Å². The van der Waals surface area contributed by atoms with Crippen molar-refractivity contribution in [3.63, 3.8) is 0 Å². The molecule has 0 spiro atoms. The SMILES string of the molecule is O=C(NC1CC1)[C@H]1CNCCN1C(=O)c1cc2c(s1)CCCCC2. The minimum atomic E-state index is -0.381. The smallest absolute Gasteiger partial charge is 0.264 e. The number of hydrogen-bond donors (Lipinski definition) is 2. The van der Waals surface area contributed by atoms with Crippen molar-refractivity contribution in [2.24, 2.45) is 0 Å². The van der Waals surface area contributed by atoms with Gasteiger partial charge in [0.05, 0.1) is 4.88 Å². The standard InChI is InChI=1S/C18H25N3O2S/c22-17(20-13-6-7-13)14-11-19-8-9-21(14)18(23)16-10-12-4-2-1-3-5-15(12)24-16/h10,13-14,19H,1-9,11H2,(H,20,22)/t14-/m1/s1. The number of fused-ring (bicyclic) bond motifs is 1. The van der Waals surface area contributed by atoms with Crippen molar-refractivity contribution >= 4 is 23.2 Å². The van der Waals surface area contributed by atoms with Crippen molar-refractivity contribution in [3.05, 3.63) is 21.4 Å². The summed E-state index contributed by atoms with van der Waals surface area (Å²) in [5.41, 5.74) is 1.36. The van der Waals surface area contributed by atoms with Gasteiger partial charge in [-0.2, -0.15) is 0 Å². The van der Waals surface area contributed by atoms with Crippen LogP contribution in [-0.4, -0.2) is 48.4 Å². The van der Waals surface area contributed by atoms with E-state index >= 15 is 0 Å². The molecule has 1 aromatic heterocycles. The van der Waals surface area contributed by atoms with E-state index in [1.54, 1.807) is 16.2 Å². The van der Waals surface area contributed by atoms with E-state index in [0.29, 0.717) is 19.1 Å². The van der Waals surface area contributed by atoms with Crippen LogP contribution in [0.2, 0.25) is 0 Å². The number of carbonyl (C=O) groups excluding carboxylic acids is 2. The highest BCUT2D eigenvalue weighted by Crippen LogP contribution is 2.30. The molecule has 0 bridgehead atoms. The van der Waals surface area contributed by atoms with Crippen LogP contribution in [0.25, 0.3) is 0 Å². The third-order valence-corrected chi connectivity index (χ3v) is 6.41. The van der Waals surface area contributed by atoms with E-state index in [2.05, 4.69) is 16.7 Å². The van der Waals surface area contributed by atoms with Crippen molar-refractivity contribution in [2.75, 3.05) is 19.6 Å². The Labute approximate surface area is 146 Å². The molecule has 4 rings (SSSR count). The van der Waals surface area contributed by atoms with Crippen LogP contribution in [0.3, 0.4) is 0 Å². The molecule has 0 aromatic carbocycles. The normalized spacial score (nSPS) is 24.2. The fraction of sp³-hybridized carbons (Fsp3) is 0.667. The lowest BCUT2D eigenvalue weighted by Gasteiger charge is -2.35. The molecule has 130 valence electrons. The predicted molar refractivity (Wildman–Crippen MR) is 94.4 cm³/mol. The molecule has 1 saturated carbocycles. The van der Waals surface area contributed by atoms with E-state index in [1.165, 1.54) is 29.7 Å². The molecule has 1 atom stereocenters. The largest absolute Gasteiger partial charge is 0.352 e. The van der Waals surface area contributed by atoms with Crippen molar-refractivity contribution in [3.8, 4) is 0 Å². The van der Waals surface area contributed by atoms with Crippen LogP contribution in [0, 0.1) is 0 Å². The van der Waals surface area contributed by atoms with Gasteiger partial charge in [0.25, 0.3) is 5.91 Å². The summed E-state index contributed by atoms with van der Waals surface area (Å²) in [5, 5.41) is 6.30. The summed E-state index contributed by atoms with van der Waals surface area (Å²) in [7, 11) is 0. The molecular formula is C18H25N3O2S. The lowest BCUT2D eigenvalue weighted by Crippen LogP contribution is -2.59. The van der Waals surface area contributed by atoms with Crippen LogP contribution in [0.5, 0.6) is 0 Å². The lowest BCUT2D eigenvalue weighted by atomic mass is 10.1. The molecule has 1 saturated heterocycles. The van der Waals surface area contributed by atoms with Crippen LogP contribution in [0.1, 0.15) is 52.2 Å². The van der Waals surface area contributed by atoms with E-state index in [4.69, 9.17) is 0 Å². The fourth-order valence-corrected chi connectivity index (χ4v) is 4.83.